The summed E-state index contributed by atoms with van der Waals surface area (Å²) in [6.45, 7) is 0.469. The summed E-state index contributed by atoms with van der Waals surface area (Å²) in [7, 11) is 0. The van der Waals surface area contributed by atoms with Gasteiger partial charge in [-0.15, -0.1) is 0 Å². The number of H-pyrrole nitrogens is 1. The molecule has 2 N–H and O–H groups in total. The number of halogens is 1. The smallest absolute Gasteiger partial charge is 0.212 e. The molecule has 170 valence electrons. The molecule has 2 aromatic carbocycles. The standard InChI is InChI=1S/C26H20ClN3O4/c27-18-10-19-23(30-22(18)16-8-6-15(7-9-16)14-4-2-1-3-5-14)17(11-28)26(29-19)34-21-13-33-24-20(31)12-32-25(21)24/h1-10,20-21,24-25,29,31H,12-13H2/t20-,21-,24-,25-/m1/s1. The van der Waals surface area contributed by atoms with Gasteiger partial charge in [0, 0.05) is 5.56 Å². The van der Waals surface area contributed by atoms with Crippen molar-refractivity contribution < 1.29 is 19.3 Å². The average molecular weight is 474 g/mol. The van der Waals surface area contributed by atoms with Gasteiger partial charge in [-0.25, -0.2) is 4.98 Å². The van der Waals surface area contributed by atoms with E-state index in [0.29, 0.717) is 21.7 Å². The van der Waals surface area contributed by atoms with Crippen molar-refractivity contribution in [1.82, 2.24) is 9.97 Å². The quantitative estimate of drug-likeness (QED) is 0.457. The summed E-state index contributed by atoms with van der Waals surface area (Å²) in [6, 6.07) is 22.0. The van der Waals surface area contributed by atoms with E-state index >= 15 is 0 Å². The summed E-state index contributed by atoms with van der Waals surface area (Å²) >= 11 is 6.58. The van der Waals surface area contributed by atoms with Crippen molar-refractivity contribution in [1.29, 1.82) is 5.26 Å². The third kappa shape index (κ3) is 3.52. The molecular formula is C26H20ClN3O4. The first-order chi connectivity index (χ1) is 16.6. The lowest BCUT2D eigenvalue weighted by molar-refractivity contribution is 0.00789. The number of rotatable bonds is 4. The zero-order valence-electron chi connectivity index (χ0n) is 17.9. The summed E-state index contributed by atoms with van der Waals surface area (Å²) in [4.78, 5) is 7.84. The van der Waals surface area contributed by atoms with E-state index in [1.54, 1.807) is 6.07 Å². The first kappa shape index (κ1) is 21.1. The van der Waals surface area contributed by atoms with Crippen LogP contribution in [0.15, 0.2) is 60.7 Å². The number of pyridine rings is 1. The fraction of sp³-hybridized carbons (Fsp3) is 0.231. The Bertz CT molecular complexity index is 1400. The van der Waals surface area contributed by atoms with E-state index in [1.165, 1.54) is 0 Å². The number of fused-ring (bicyclic) bond motifs is 2. The molecule has 2 saturated heterocycles. The number of nitrogens with one attached hydrogen (secondary N) is 1. The fourth-order valence-electron chi connectivity index (χ4n) is 4.61. The molecule has 4 heterocycles. The minimum absolute atomic E-state index is 0.205. The third-order valence-corrected chi connectivity index (χ3v) is 6.60. The Balaban J connectivity index is 1.33. The molecule has 0 unspecified atom stereocenters. The zero-order chi connectivity index (χ0) is 23.2. The minimum atomic E-state index is -0.673. The molecule has 4 aromatic rings. The number of aliphatic hydroxyl groups is 1. The molecule has 0 amide bonds. The predicted octanol–water partition coefficient (Wildman–Crippen LogP) is 4.33. The molecule has 0 aliphatic carbocycles. The molecule has 0 saturated carbocycles. The van der Waals surface area contributed by atoms with E-state index in [4.69, 9.17) is 30.8 Å². The Morgan fingerprint density at radius 1 is 1.00 bits per heavy atom. The van der Waals surface area contributed by atoms with Crippen molar-refractivity contribution in [3.63, 3.8) is 0 Å². The highest BCUT2D eigenvalue weighted by Crippen LogP contribution is 2.36. The number of hydrogen-bond donors (Lipinski definition) is 2. The minimum Gasteiger partial charge on any atom is -0.469 e. The van der Waals surface area contributed by atoms with E-state index in [2.05, 4.69) is 23.2 Å². The second kappa shape index (κ2) is 8.42. The molecule has 4 atom stereocenters. The van der Waals surface area contributed by atoms with E-state index in [0.717, 1.165) is 16.7 Å². The molecular weight excluding hydrogens is 454 g/mol. The van der Waals surface area contributed by atoms with Crippen LogP contribution in [0.3, 0.4) is 0 Å². The van der Waals surface area contributed by atoms with E-state index < -0.39 is 18.3 Å². The van der Waals surface area contributed by atoms with Crippen molar-refractivity contribution >= 4 is 22.6 Å². The molecule has 2 fully saturated rings. The lowest BCUT2D eigenvalue weighted by Crippen LogP contribution is -2.34. The van der Waals surface area contributed by atoms with Gasteiger partial charge in [-0.05, 0) is 17.2 Å². The van der Waals surface area contributed by atoms with Crippen LogP contribution < -0.4 is 4.74 Å². The Hall–Kier alpha value is -3.41. The molecule has 0 bridgehead atoms. The van der Waals surface area contributed by atoms with Gasteiger partial charge >= 0.3 is 0 Å². The van der Waals surface area contributed by atoms with Crippen molar-refractivity contribution in [2.45, 2.75) is 24.4 Å². The molecule has 2 aromatic heterocycles. The van der Waals surface area contributed by atoms with Crippen LogP contribution in [0.2, 0.25) is 5.02 Å². The Kier molecular flexibility index (Phi) is 5.24. The van der Waals surface area contributed by atoms with E-state index in [1.807, 2.05) is 42.5 Å². The maximum atomic E-state index is 9.96. The Morgan fingerprint density at radius 3 is 2.47 bits per heavy atom. The summed E-state index contributed by atoms with van der Waals surface area (Å²) < 4.78 is 17.3. The molecule has 8 heteroatoms. The normalized spacial score (nSPS) is 23.7. The number of ether oxygens (including phenoxy) is 3. The van der Waals surface area contributed by atoms with Crippen molar-refractivity contribution in [3.8, 4) is 34.3 Å². The Labute approximate surface area is 200 Å². The maximum absolute atomic E-state index is 9.96. The monoisotopic (exact) mass is 473 g/mol. The van der Waals surface area contributed by atoms with Gasteiger partial charge in [0.1, 0.15) is 35.5 Å². The molecule has 34 heavy (non-hydrogen) atoms. The predicted molar refractivity (Wildman–Crippen MR) is 127 cm³/mol. The summed E-state index contributed by atoms with van der Waals surface area (Å²) in [6.07, 6.45) is -1.92. The van der Waals surface area contributed by atoms with Crippen molar-refractivity contribution in [2.75, 3.05) is 13.2 Å². The number of aliphatic hydroxyl groups excluding tert-OH is 1. The Morgan fingerprint density at radius 2 is 1.71 bits per heavy atom. The van der Waals surface area contributed by atoms with Gasteiger partial charge in [-0.3, -0.25) is 0 Å². The fourth-order valence-corrected chi connectivity index (χ4v) is 4.87. The van der Waals surface area contributed by atoms with Crippen molar-refractivity contribution in [3.05, 3.63) is 71.2 Å². The van der Waals surface area contributed by atoms with Crippen molar-refractivity contribution in [2.24, 2.45) is 0 Å². The number of aromatic nitrogens is 2. The van der Waals surface area contributed by atoms with Crippen LogP contribution >= 0.6 is 11.6 Å². The van der Waals surface area contributed by atoms with Crippen LogP contribution in [-0.4, -0.2) is 52.7 Å². The molecule has 0 radical (unpaired) electrons. The van der Waals surface area contributed by atoms with Gasteiger partial charge in [0.15, 0.2) is 6.10 Å². The van der Waals surface area contributed by atoms with E-state index in [9.17, 15) is 10.4 Å². The highest BCUT2D eigenvalue weighted by Gasteiger charge is 2.48. The highest BCUT2D eigenvalue weighted by atomic mass is 35.5. The molecule has 2 aliphatic heterocycles. The number of nitriles is 1. The maximum Gasteiger partial charge on any atom is 0.212 e. The van der Waals surface area contributed by atoms with Crippen LogP contribution in [0.1, 0.15) is 5.56 Å². The van der Waals surface area contributed by atoms with Gasteiger partial charge < -0.3 is 24.3 Å². The third-order valence-electron chi connectivity index (χ3n) is 6.32. The molecule has 6 rings (SSSR count). The largest absolute Gasteiger partial charge is 0.469 e. The van der Waals surface area contributed by atoms with Crippen LogP contribution in [-0.2, 0) is 9.47 Å². The summed E-state index contributed by atoms with van der Waals surface area (Å²) in [5.74, 6) is 0.289. The second-order valence-corrected chi connectivity index (χ2v) is 8.83. The van der Waals surface area contributed by atoms with Gasteiger partial charge in [-0.2, -0.15) is 5.26 Å². The first-order valence-electron chi connectivity index (χ1n) is 11.0. The van der Waals surface area contributed by atoms with Gasteiger partial charge in [-0.1, -0.05) is 66.2 Å². The molecule has 7 nitrogen and oxygen atoms in total. The summed E-state index contributed by atoms with van der Waals surface area (Å²) in [5, 5.41) is 20.3. The van der Waals surface area contributed by atoms with Crippen LogP contribution in [0.5, 0.6) is 5.88 Å². The van der Waals surface area contributed by atoms with Crippen LogP contribution in [0.4, 0.5) is 0 Å². The highest BCUT2D eigenvalue weighted by molar-refractivity contribution is 6.33. The first-order valence-corrected chi connectivity index (χ1v) is 11.4. The van der Waals surface area contributed by atoms with E-state index in [-0.39, 0.29) is 30.8 Å². The lowest BCUT2D eigenvalue weighted by Gasteiger charge is -2.16. The topological polar surface area (TPSA) is 100 Å². The lowest BCUT2D eigenvalue weighted by atomic mass is 10.0. The van der Waals surface area contributed by atoms with Gasteiger partial charge in [0.25, 0.3) is 0 Å². The number of aromatic amines is 1. The number of nitrogens with zero attached hydrogens (tertiary/aromatic N) is 2. The second-order valence-electron chi connectivity index (χ2n) is 8.42. The number of benzene rings is 2. The number of hydrogen-bond acceptors (Lipinski definition) is 6. The average Bonchev–Trinajstić information content (AvgIpc) is 3.54. The van der Waals surface area contributed by atoms with Crippen LogP contribution in [0, 0.1) is 11.3 Å². The SMILES string of the molecule is N#Cc1c(O[C@@H]2CO[C@H]3[C@@H]2OC[C@H]3O)[nH]c2cc(Cl)c(-c3ccc(-c4ccccc4)cc3)nc12. The molecule has 0 spiro atoms. The van der Waals surface area contributed by atoms with Gasteiger partial charge in [0.2, 0.25) is 5.88 Å². The van der Waals surface area contributed by atoms with Crippen LogP contribution in [0.25, 0.3) is 33.4 Å². The molecule has 2 aliphatic rings. The summed E-state index contributed by atoms with van der Waals surface area (Å²) in [5.41, 5.74) is 5.01. The van der Waals surface area contributed by atoms with Gasteiger partial charge in [0.05, 0.1) is 29.4 Å². The zero-order valence-corrected chi connectivity index (χ0v) is 18.7.